The van der Waals surface area contributed by atoms with Gasteiger partial charge >= 0.3 is 5.97 Å². The van der Waals surface area contributed by atoms with Crippen molar-refractivity contribution < 1.29 is 14.3 Å². The number of rotatable bonds is 5. The Bertz CT molecular complexity index is 874. The van der Waals surface area contributed by atoms with Crippen LogP contribution in [-0.2, 0) is 20.9 Å². The van der Waals surface area contributed by atoms with Gasteiger partial charge in [-0.15, -0.1) is 0 Å². The van der Waals surface area contributed by atoms with E-state index in [1.165, 1.54) is 0 Å². The minimum atomic E-state index is -0.496. The number of hydrogen-bond donors (Lipinski definition) is 1. The van der Waals surface area contributed by atoms with Crippen LogP contribution in [0.5, 0.6) is 0 Å². The Balaban J connectivity index is 1.52. The van der Waals surface area contributed by atoms with Crippen LogP contribution in [0.1, 0.15) is 0 Å². The van der Waals surface area contributed by atoms with Gasteiger partial charge in [0.2, 0.25) is 0 Å². The quantitative estimate of drug-likeness (QED) is 0.683. The second kappa shape index (κ2) is 7.27. The van der Waals surface area contributed by atoms with Gasteiger partial charge in [-0.05, 0) is 36.4 Å². The number of nitrogens with one attached hydrogen (secondary N) is 1. The van der Waals surface area contributed by atoms with Crippen LogP contribution in [0.3, 0.4) is 0 Å². The summed E-state index contributed by atoms with van der Waals surface area (Å²) in [5.74, 6) is -0.884. The van der Waals surface area contributed by atoms with Crippen LogP contribution in [0.25, 0.3) is 11.0 Å². The van der Waals surface area contributed by atoms with Gasteiger partial charge in [0.15, 0.2) is 6.61 Å². The Hall–Kier alpha value is -2.67. The molecule has 1 amide bonds. The van der Waals surface area contributed by atoms with Crippen LogP contribution in [0.4, 0.5) is 5.69 Å². The highest BCUT2D eigenvalue weighted by atomic mass is 79.9. The van der Waals surface area contributed by atoms with Gasteiger partial charge in [0.25, 0.3) is 5.91 Å². The third-order valence-corrected chi connectivity index (χ3v) is 3.85. The van der Waals surface area contributed by atoms with Gasteiger partial charge in [0.05, 0.1) is 17.4 Å². The highest BCUT2D eigenvalue weighted by Gasteiger charge is 2.10. The Morgan fingerprint density at radius 3 is 2.67 bits per heavy atom. The van der Waals surface area contributed by atoms with E-state index in [4.69, 9.17) is 4.74 Å². The van der Waals surface area contributed by atoms with Crippen LogP contribution in [0, 0.1) is 0 Å². The van der Waals surface area contributed by atoms with Crippen LogP contribution >= 0.6 is 15.9 Å². The Kier molecular flexibility index (Phi) is 4.90. The molecule has 0 radical (unpaired) electrons. The van der Waals surface area contributed by atoms with E-state index in [1.54, 1.807) is 23.0 Å². The third kappa shape index (κ3) is 3.99. The molecule has 1 N–H and O–H groups in total. The molecule has 0 fully saturated rings. The molecule has 0 unspecified atom stereocenters. The number of halogens is 1. The normalized spacial score (nSPS) is 10.5. The van der Waals surface area contributed by atoms with E-state index in [2.05, 4.69) is 26.2 Å². The fourth-order valence-corrected chi connectivity index (χ4v) is 2.46. The number of anilines is 1. The number of amides is 1. The van der Waals surface area contributed by atoms with Crippen LogP contribution < -0.4 is 5.32 Å². The molecule has 0 aliphatic carbocycles. The number of imidazole rings is 1. The van der Waals surface area contributed by atoms with Gasteiger partial charge in [-0.1, -0.05) is 28.1 Å². The molecule has 7 heteroatoms. The molecule has 1 heterocycles. The number of fused-ring (bicyclic) bond motifs is 1. The second-order valence-corrected chi connectivity index (χ2v) is 5.99. The largest absolute Gasteiger partial charge is 0.454 e. The summed E-state index contributed by atoms with van der Waals surface area (Å²) in [7, 11) is 0. The first-order chi connectivity index (χ1) is 11.6. The minimum absolute atomic E-state index is 0.00603. The van der Waals surface area contributed by atoms with Crippen LogP contribution in [-0.4, -0.2) is 28.0 Å². The molecule has 0 saturated heterocycles. The Labute approximate surface area is 146 Å². The van der Waals surface area contributed by atoms with Crippen molar-refractivity contribution in [1.82, 2.24) is 9.55 Å². The monoisotopic (exact) mass is 387 g/mol. The fourth-order valence-electron chi connectivity index (χ4n) is 2.20. The number of ether oxygens (including phenoxy) is 1. The number of aromatic nitrogens is 2. The minimum Gasteiger partial charge on any atom is -0.454 e. The molecule has 122 valence electrons. The first-order valence-corrected chi connectivity index (χ1v) is 8.02. The zero-order valence-electron chi connectivity index (χ0n) is 12.6. The summed E-state index contributed by atoms with van der Waals surface area (Å²) < 4.78 is 7.61. The van der Waals surface area contributed by atoms with Gasteiger partial charge in [-0.25, -0.2) is 4.98 Å². The van der Waals surface area contributed by atoms with E-state index in [1.807, 2.05) is 36.4 Å². The average molecular weight is 388 g/mol. The summed E-state index contributed by atoms with van der Waals surface area (Å²) in [6.07, 6.45) is 1.58. The molecule has 3 aromatic rings. The maximum absolute atomic E-state index is 11.9. The van der Waals surface area contributed by atoms with Crippen LogP contribution in [0.2, 0.25) is 0 Å². The zero-order chi connectivity index (χ0) is 16.9. The summed E-state index contributed by atoms with van der Waals surface area (Å²) in [6, 6.07) is 14.6. The van der Waals surface area contributed by atoms with Gasteiger partial charge < -0.3 is 14.6 Å². The molecule has 2 aromatic carbocycles. The molecule has 0 saturated carbocycles. The van der Waals surface area contributed by atoms with Crippen molar-refractivity contribution in [3.05, 3.63) is 59.3 Å². The van der Waals surface area contributed by atoms with Crippen molar-refractivity contribution in [2.24, 2.45) is 0 Å². The molecule has 0 aliphatic heterocycles. The maximum Gasteiger partial charge on any atom is 0.326 e. The molecular weight excluding hydrogens is 374 g/mol. The molecule has 1 aromatic heterocycles. The first-order valence-electron chi connectivity index (χ1n) is 7.23. The van der Waals surface area contributed by atoms with E-state index in [0.29, 0.717) is 5.69 Å². The highest BCUT2D eigenvalue weighted by Crippen LogP contribution is 2.14. The number of benzene rings is 2. The van der Waals surface area contributed by atoms with Gasteiger partial charge in [0.1, 0.15) is 6.54 Å². The van der Waals surface area contributed by atoms with Crippen molar-refractivity contribution >= 4 is 44.5 Å². The maximum atomic E-state index is 11.9. The lowest BCUT2D eigenvalue weighted by Gasteiger charge is -2.07. The molecule has 0 bridgehead atoms. The lowest BCUT2D eigenvalue weighted by molar-refractivity contribution is -0.147. The SMILES string of the molecule is O=C(COC(=O)Cn1cnc2ccccc21)Nc1ccc(Br)cc1. The predicted octanol–water partition coefficient (Wildman–Crippen LogP) is 2.98. The molecule has 24 heavy (non-hydrogen) atoms. The summed E-state index contributed by atoms with van der Waals surface area (Å²) in [4.78, 5) is 27.9. The van der Waals surface area contributed by atoms with Gasteiger partial charge in [-0.2, -0.15) is 0 Å². The van der Waals surface area contributed by atoms with Crippen LogP contribution in [0.15, 0.2) is 59.3 Å². The number of carbonyl (C=O) groups excluding carboxylic acids is 2. The lowest BCUT2D eigenvalue weighted by Crippen LogP contribution is -2.22. The Morgan fingerprint density at radius 1 is 1.12 bits per heavy atom. The van der Waals surface area contributed by atoms with Gasteiger partial charge in [-0.3, -0.25) is 9.59 Å². The number of nitrogens with zero attached hydrogens (tertiary/aromatic N) is 2. The van der Waals surface area contributed by atoms with E-state index in [0.717, 1.165) is 15.5 Å². The molecule has 0 aliphatic rings. The number of para-hydroxylation sites is 2. The number of carbonyl (C=O) groups is 2. The topological polar surface area (TPSA) is 73.2 Å². The number of esters is 1. The van der Waals surface area contributed by atoms with Crippen molar-refractivity contribution in [3.63, 3.8) is 0 Å². The van der Waals surface area contributed by atoms with E-state index < -0.39 is 5.97 Å². The van der Waals surface area contributed by atoms with Crippen molar-refractivity contribution in [1.29, 1.82) is 0 Å². The molecular formula is C17H14BrN3O3. The summed E-state index contributed by atoms with van der Waals surface area (Å²) in [5, 5.41) is 2.66. The standard InChI is InChI=1S/C17H14BrN3O3/c18-12-5-7-13(8-6-12)20-16(22)10-24-17(23)9-21-11-19-14-3-1-2-4-15(14)21/h1-8,11H,9-10H2,(H,20,22). The fraction of sp³-hybridized carbons (Fsp3) is 0.118. The zero-order valence-corrected chi connectivity index (χ0v) is 14.2. The first kappa shape index (κ1) is 16.2. The number of hydrogen-bond acceptors (Lipinski definition) is 4. The van der Waals surface area contributed by atoms with Crippen molar-refractivity contribution in [3.8, 4) is 0 Å². The molecule has 3 rings (SSSR count). The third-order valence-electron chi connectivity index (χ3n) is 3.32. The van der Waals surface area contributed by atoms with Gasteiger partial charge in [0, 0.05) is 10.2 Å². The second-order valence-electron chi connectivity index (χ2n) is 5.08. The molecule has 0 spiro atoms. The van der Waals surface area contributed by atoms with Crippen molar-refractivity contribution in [2.45, 2.75) is 6.54 Å². The van der Waals surface area contributed by atoms with E-state index in [9.17, 15) is 9.59 Å². The van der Waals surface area contributed by atoms with E-state index in [-0.39, 0.29) is 19.1 Å². The summed E-state index contributed by atoms with van der Waals surface area (Å²) in [5.41, 5.74) is 2.28. The highest BCUT2D eigenvalue weighted by molar-refractivity contribution is 9.10. The molecule has 0 atom stereocenters. The predicted molar refractivity (Wildman–Crippen MR) is 93.5 cm³/mol. The van der Waals surface area contributed by atoms with Crippen molar-refractivity contribution in [2.75, 3.05) is 11.9 Å². The average Bonchev–Trinajstić information content (AvgIpc) is 2.98. The summed E-state index contributed by atoms with van der Waals surface area (Å²) in [6.45, 7) is -0.326. The summed E-state index contributed by atoms with van der Waals surface area (Å²) >= 11 is 3.32. The Morgan fingerprint density at radius 2 is 1.88 bits per heavy atom. The lowest BCUT2D eigenvalue weighted by atomic mass is 10.3. The van der Waals surface area contributed by atoms with E-state index >= 15 is 0 Å². The molecule has 6 nitrogen and oxygen atoms in total. The smallest absolute Gasteiger partial charge is 0.326 e.